The van der Waals surface area contributed by atoms with Crippen LogP contribution >= 0.6 is 11.6 Å². The Morgan fingerprint density at radius 2 is 1.80 bits per heavy atom. The first-order valence-electron chi connectivity index (χ1n) is 9.42. The van der Waals surface area contributed by atoms with E-state index < -0.39 is 17.3 Å². The van der Waals surface area contributed by atoms with Gasteiger partial charge in [0.05, 0.1) is 16.3 Å². The molecule has 4 nitrogen and oxygen atoms in total. The number of H-pyrrole nitrogens is 1. The average Bonchev–Trinajstić information content (AvgIpc) is 2.68. The van der Waals surface area contributed by atoms with E-state index in [1.54, 1.807) is 6.07 Å². The highest BCUT2D eigenvalue weighted by Crippen LogP contribution is 2.31. The Kier molecular flexibility index (Phi) is 6.63. The summed E-state index contributed by atoms with van der Waals surface area (Å²) in [5, 5.41) is 3.75. The number of nitrogens with zero attached hydrogens (tertiary/aromatic N) is 1. The van der Waals surface area contributed by atoms with Crippen molar-refractivity contribution in [3.8, 4) is 22.6 Å². The third-order valence-corrected chi connectivity index (χ3v) is 4.75. The minimum Gasteiger partial charge on any atom is -0.312 e. The molecule has 0 radical (unpaired) electrons. The maximum atomic E-state index is 12.8. The summed E-state index contributed by atoms with van der Waals surface area (Å²) in [6.07, 6.45) is -4.43. The summed E-state index contributed by atoms with van der Waals surface area (Å²) in [5.41, 5.74) is 1.00. The van der Waals surface area contributed by atoms with Crippen molar-refractivity contribution >= 4 is 11.6 Å². The van der Waals surface area contributed by atoms with Crippen LogP contribution in [0, 0.1) is 5.92 Å². The van der Waals surface area contributed by atoms with Crippen LogP contribution in [0.3, 0.4) is 0 Å². The maximum Gasteiger partial charge on any atom is 0.416 e. The van der Waals surface area contributed by atoms with Crippen molar-refractivity contribution in [2.45, 2.75) is 26.6 Å². The molecule has 8 heteroatoms. The van der Waals surface area contributed by atoms with Crippen molar-refractivity contribution in [2.24, 2.45) is 5.92 Å². The molecule has 0 aliphatic carbocycles. The first kappa shape index (κ1) is 22.1. The molecule has 0 aliphatic rings. The summed E-state index contributed by atoms with van der Waals surface area (Å²) in [5.74, 6) is 0.767. The summed E-state index contributed by atoms with van der Waals surface area (Å²) < 4.78 is 38.4. The van der Waals surface area contributed by atoms with Crippen molar-refractivity contribution in [3.05, 3.63) is 75.0 Å². The lowest BCUT2D eigenvalue weighted by molar-refractivity contribution is -0.137. The summed E-state index contributed by atoms with van der Waals surface area (Å²) >= 11 is 6.33. The number of nitrogens with one attached hydrogen (secondary N) is 2. The van der Waals surface area contributed by atoms with Gasteiger partial charge in [-0.15, -0.1) is 0 Å². The second kappa shape index (κ2) is 9.02. The molecule has 158 valence electrons. The van der Waals surface area contributed by atoms with Crippen LogP contribution in [-0.2, 0) is 12.7 Å². The summed E-state index contributed by atoms with van der Waals surface area (Å²) in [6, 6.07) is 11.2. The second-order valence-corrected chi connectivity index (χ2v) is 7.80. The summed E-state index contributed by atoms with van der Waals surface area (Å²) in [7, 11) is 0. The van der Waals surface area contributed by atoms with Gasteiger partial charge < -0.3 is 10.3 Å². The lowest BCUT2D eigenvalue weighted by Gasteiger charge is -2.11. The third kappa shape index (κ3) is 5.49. The van der Waals surface area contributed by atoms with Crippen molar-refractivity contribution < 1.29 is 13.2 Å². The van der Waals surface area contributed by atoms with E-state index in [0.29, 0.717) is 28.6 Å². The van der Waals surface area contributed by atoms with E-state index in [1.165, 1.54) is 18.2 Å². The Labute approximate surface area is 177 Å². The maximum absolute atomic E-state index is 12.8. The van der Waals surface area contributed by atoms with Crippen LogP contribution in [0.5, 0.6) is 0 Å². The Morgan fingerprint density at radius 1 is 1.10 bits per heavy atom. The van der Waals surface area contributed by atoms with Crippen LogP contribution < -0.4 is 10.9 Å². The largest absolute Gasteiger partial charge is 0.416 e. The normalized spacial score (nSPS) is 11.8. The molecule has 0 fully saturated rings. The average molecular weight is 436 g/mol. The van der Waals surface area contributed by atoms with Crippen molar-refractivity contribution in [1.29, 1.82) is 0 Å². The topological polar surface area (TPSA) is 57.8 Å². The molecule has 0 saturated heterocycles. The van der Waals surface area contributed by atoms with Gasteiger partial charge >= 0.3 is 6.18 Å². The van der Waals surface area contributed by atoms with E-state index in [1.807, 2.05) is 12.1 Å². The smallest absolute Gasteiger partial charge is 0.312 e. The zero-order valence-electron chi connectivity index (χ0n) is 16.5. The van der Waals surface area contributed by atoms with Gasteiger partial charge in [-0.05, 0) is 42.3 Å². The Balaban J connectivity index is 1.94. The first-order chi connectivity index (χ1) is 14.1. The van der Waals surface area contributed by atoms with Crippen molar-refractivity contribution in [3.63, 3.8) is 0 Å². The predicted octanol–water partition coefficient (Wildman–Crippen LogP) is 5.52. The number of benzene rings is 2. The highest BCUT2D eigenvalue weighted by molar-refractivity contribution is 6.33. The van der Waals surface area contributed by atoms with Gasteiger partial charge in [0.1, 0.15) is 5.82 Å². The monoisotopic (exact) mass is 435 g/mol. The minimum atomic E-state index is -4.43. The van der Waals surface area contributed by atoms with E-state index in [2.05, 4.69) is 29.1 Å². The SMILES string of the molecule is CC(C)CNCc1ccc(Cl)c(-c2nc(-c3ccc(C(F)(F)F)cc3)cc(=O)[nH]2)c1. The quantitative estimate of drug-likeness (QED) is 0.536. The molecule has 0 bridgehead atoms. The number of hydrogen-bond donors (Lipinski definition) is 2. The number of aromatic nitrogens is 2. The summed E-state index contributed by atoms with van der Waals surface area (Å²) in [6.45, 7) is 5.71. The van der Waals surface area contributed by atoms with Gasteiger partial charge in [0.25, 0.3) is 5.56 Å². The molecule has 1 heterocycles. The zero-order valence-corrected chi connectivity index (χ0v) is 17.2. The molecule has 1 aromatic heterocycles. The summed E-state index contributed by atoms with van der Waals surface area (Å²) in [4.78, 5) is 19.3. The van der Waals surface area contributed by atoms with Gasteiger partial charge in [-0.25, -0.2) is 4.98 Å². The van der Waals surface area contributed by atoms with E-state index in [9.17, 15) is 18.0 Å². The molecule has 30 heavy (non-hydrogen) atoms. The van der Waals surface area contributed by atoms with E-state index in [4.69, 9.17) is 11.6 Å². The van der Waals surface area contributed by atoms with Gasteiger partial charge in [-0.3, -0.25) is 4.79 Å². The zero-order chi connectivity index (χ0) is 21.9. The molecule has 0 amide bonds. The van der Waals surface area contributed by atoms with Crippen LogP contribution in [0.15, 0.2) is 53.3 Å². The van der Waals surface area contributed by atoms with E-state index in [-0.39, 0.29) is 11.5 Å². The van der Waals surface area contributed by atoms with Crippen LogP contribution in [0.2, 0.25) is 5.02 Å². The van der Waals surface area contributed by atoms with Crippen molar-refractivity contribution in [2.75, 3.05) is 6.54 Å². The van der Waals surface area contributed by atoms with Gasteiger partial charge in [0.2, 0.25) is 0 Å². The number of rotatable bonds is 6. The number of halogens is 4. The lowest BCUT2D eigenvalue weighted by atomic mass is 10.1. The molecule has 0 saturated carbocycles. The Morgan fingerprint density at radius 3 is 2.43 bits per heavy atom. The number of alkyl halides is 3. The Bertz CT molecular complexity index is 1080. The van der Waals surface area contributed by atoms with Crippen LogP contribution in [0.25, 0.3) is 22.6 Å². The van der Waals surface area contributed by atoms with Gasteiger partial charge in [0, 0.05) is 23.7 Å². The van der Waals surface area contributed by atoms with Crippen LogP contribution in [0.4, 0.5) is 13.2 Å². The van der Waals surface area contributed by atoms with Crippen LogP contribution in [0.1, 0.15) is 25.0 Å². The Hall–Kier alpha value is -2.64. The highest BCUT2D eigenvalue weighted by atomic mass is 35.5. The molecule has 0 spiro atoms. The molecule has 2 aromatic carbocycles. The second-order valence-electron chi connectivity index (χ2n) is 7.39. The van der Waals surface area contributed by atoms with E-state index >= 15 is 0 Å². The van der Waals surface area contributed by atoms with Gasteiger partial charge in [-0.1, -0.05) is 43.6 Å². The fraction of sp³-hybridized carbons (Fsp3) is 0.273. The molecular formula is C22H21ClF3N3O. The number of hydrogen-bond acceptors (Lipinski definition) is 3. The molecule has 0 atom stereocenters. The van der Waals surface area contributed by atoms with Crippen molar-refractivity contribution in [1.82, 2.24) is 15.3 Å². The third-order valence-electron chi connectivity index (χ3n) is 4.42. The van der Waals surface area contributed by atoms with E-state index in [0.717, 1.165) is 24.2 Å². The van der Waals surface area contributed by atoms with Crippen LogP contribution in [-0.4, -0.2) is 16.5 Å². The number of aromatic amines is 1. The fourth-order valence-electron chi connectivity index (χ4n) is 2.93. The first-order valence-corrected chi connectivity index (χ1v) is 9.80. The minimum absolute atomic E-state index is 0.258. The van der Waals surface area contributed by atoms with Gasteiger partial charge in [0.15, 0.2) is 0 Å². The predicted molar refractivity (Wildman–Crippen MR) is 112 cm³/mol. The molecule has 3 rings (SSSR count). The molecular weight excluding hydrogens is 415 g/mol. The molecule has 3 aromatic rings. The molecule has 2 N–H and O–H groups in total. The van der Waals surface area contributed by atoms with Gasteiger partial charge in [-0.2, -0.15) is 13.2 Å². The highest BCUT2D eigenvalue weighted by Gasteiger charge is 2.30. The lowest BCUT2D eigenvalue weighted by Crippen LogP contribution is -2.19. The molecule has 0 unspecified atom stereocenters. The molecule has 0 aliphatic heterocycles. The standard InChI is InChI=1S/C22H21ClF3N3O/c1-13(2)11-27-12-14-3-8-18(23)17(9-14)21-28-19(10-20(30)29-21)15-4-6-16(7-5-15)22(24,25)26/h3-10,13,27H,11-12H2,1-2H3,(H,28,29,30). The fourth-order valence-corrected chi connectivity index (χ4v) is 3.14.